The summed E-state index contributed by atoms with van der Waals surface area (Å²) >= 11 is 0. The van der Waals surface area contributed by atoms with Crippen molar-refractivity contribution in [2.24, 2.45) is 13.0 Å². The van der Waals surface area contributed by atoms with E-state index in [0.717, 1.165) is 12.5 Å². The van der Waals surface area contributed by atoms with Crippen molar-refractivity contribution in [2.45, 2.75) is 57.3 Å². The Balaban J connectivity index is 1.53. The lowest BCUT2D eigenvalue weighted by Gasteiger charge is -2.44. The lowest BCUT2D eigenvalue weighted by molar-refractivity contribution is -0.137. The molecule has 1 aromatic carbocycles. The number of aromatic nitrogens is 5. The highest BCUT2D eigenvalue weighted by Gasteiger charge is 2.57. The number of hydrogen-bond acceptors (Lipinski definition) is 6. The molecule has 2 amide bonds. The maximum absolute atomic E-state index is 14.9. The summed E-state index contributed by atoms with van der Waals surface area (Å²) in [6.07, 6.45) is -1.01. The number of benzene rings is 1. The summed E-state index contributed by atoms with van der Waals surface area (Å²) in [5.41, 5.74) is -2.93. The van der Waals surface area contributed by atoms with Crippen molar-refractivity contribution >= 4 is 11.7 Å². The van der Waals surface area contributed by atoms with E-state index in [1.165, 1.54) is 18.1 Å². The molecule has 35 heavy (non-hydrogen) atoms. The van der Waals surface area contributed by atoms with Gasteiger partial charge in [0.1, 0.15) is 17.7 Å². The summed E-state index contributed by atoms with van der Waals surface area (Å²) < 4.78 is 62.8. The third-order valence-corrected chi connectivity index (χ3v) is 6.72. The summed E-state index contributed by atoms with van der Waals surface area (Å²) in [6.45, 7) is 3.73. The van der Waals surface area contributed by atoms with Crippen molar-refractivity contribution in [3.63, 3.8) is 0 Å². The van der Waals surface area contributed by atoms with Crippen molar-refractivity contribution < 1.29 is 26.8 Å². The molecular formula is C22H23F4N7O2. The number of carbonyl (C=O) groups is 1. The number of fused-ring (bicyclic) bond motifs is 2. The van der Waals surface area contributed by atoms with Crippen LogP contribution in [-0.4, -0.2) is 41.9 Å². The van der Waals surface area contributed by atoms with Gasteiger partial charge in [-0.05, 0) is 43.7 Å². The summed E-state index contributed by atoms with van der Waals surface area (Å²) in [5.74, 6) is -0.502. The molecular weight excluding hydrogens is 470 g/mol. The van der Waals surface area contributed by atoms with Gasteiger partial charge in [-0.1, -0.05) is 6.92 Å². The number of hydrogen-bond donors (Lipinski definition) is 1. The van der Waals surface area contributed by atoms with Gasteiger partial charge in [-0.2, -0.15) is 18.3 Å². The highest BCUT2D eigenvalue weighted by molar-refractivity contribution is 5.91. The van der Waals surface area contributed by atoms with Crippen LogP contribution in [0.25, 0.3) is 11.4 Å². The van der Waals surface area contributed by atoms with E-state index in [1.54, 1.807) is 11.8 Å². The molecule has 3 atom stereocenters. The van der Waals surface area contributed by atoms with Crippen LogP contribution in [0.1, 0.15) is 50.0 Å². The second-order valence-corrected chi connectivity index (χ2v) is 9.31. The third kappa shape index (κ3) is 3.92. The number of nitrogens with one attached hydrogen (secondary N) is 1. The number of urea groups is 1. The minimum atomic E-state index is -4.85. The largest absolute Gasteiger partial charge is 0.423 e. The van der Waals surface area contributed by atoms with E-state index in [1.807, 2.05) is 0 Å². The first-order chi connectivity index (χ1) is 16.5. The second-order valence-electron chi connectivity index (χ2n) is 9.31. The number of rotatable bonds is 3. The van der Waals surface area contributed by atoms with E-state index in [-0.39, 0.29) is 17.8 Å². The summed E-state index contributed by atoms with van der Waals surface area (Å²) in [6, 6.07) is 0.476. The molecule has 2 aliphatic rings. The number of piperidine rings is 1. The molecule has 0 saturated carbocycles. The van der Waals surface area contributed by atoms with Crippen LogP contribution in [-0.2, 0) is 18.8 Å². The molecule has 5 rings (SSSR count). The fourth-order valence-electron chi connectivity index (χ4n) is 5.42. The lowest BCUT2D eigenvalue weighted by Crippen LogP contribution is -2.54. The maximum Gasteiger partial charge on any atom is 0.417 e. The zero-order valence-corrected chi connectivity index (χ0v) is 19.2. The van der Waals surface area contributed by atoms with Crippen LogP contribution in [0.4, 0.5) is 28.0 Å². The predicted molar refractivity (Wildman–Crippen MR) is 114 cm³/mol. The smallest absolute Gasteiger partial charge is 0.417 e. The van der Waals surface area contributed by atoms with Gasteiger partial charge in [-0.15, -0.1) is 10.2 Å². The number of alkyl halides is 3. The molecule has 13 heteroatoms. The van der Waals surface area contributed by atoms with E-state index >= 15 is 0 Å². The van der Waals surface area contributed by atoms with Gasteiger partial charge in [0.25, 0.3) is 0 Å². The van der Waals surface area contributed by atoms with Gasteiger partial charge in [-0.3, -0.25) is 4.68 Å². The van der Waals surface area contributed by atoms with Crippen molar-refractivity contribution in [2.75, 3.05) is 5.32 Å². The molecule has 0 radical (unpaired) electrons. The Kier molecular flexibility index (Phi) is 5.33. The first-order valence-electron chi connectivity index (χ1n) is 11.2. The first-order valence-corrected chi connectivity index (χ1v) is 11.2. The van der Waals surface area contributed by atoms with Crippen LogP contribution in [0.2, 0.25) is 0 Å². The summed E-state index contributed by atoms with van der Waals surface area (Å²) in [7, 11) is 1.50. The van der Waals surface area contributed by atoms with Crippen LogP contribution in [0.15, 0.2) is 22.9 Å². The van der Waals surface area contributed by atoms with E-state index in [9.17, 15) is 22.4 Å². The Morgan fingerprint density at radius 2 is 2.06 bits per heavy atom. The molecule has 4 heterocycles. The zero-order chi connectivity index (χ0) is 25.1. The molecule has 186 valence electrons. The van der Waals surface area contributed by atoms with Crippen molar-refractivity contribution in [3.05, 3.63) is 41.6 Å². The first kappa shape index (κ1) is 23.2. The number of amides is 2. The molecule has 3 aromatic rings. The van der Waals surface area contributed by atoms with Gasteiger partial charge >= 0.3 is 12.2 Å². The Morgan fingerprint density at radius 1 is 1.29 bits per heavy atom. The van der Waals surface area contributed by atoms with E-state index in [4.69, 9.17) is 4.42 Å². The number of anilines is 1. The van der Waals surface area contributed by atoms with Crippen molar-refractivity contribution in [1.29, 1.82) is 0 Å². The number of carbonyl (C=O) groups excluding carboxylic acids is 1. The summed E-state index contributed by atoms with van der Waals surface area (Å²) in [5, 5.41) is 14.5. The maximum atomic E-state index is 14.9. The fraction of sp³-hybridized carbons (Fsp3) is 0.500. The molecule has 2 saturated heterocycles. The molecule has 0 aliphatic carbocycles. The molecule has 2 bridgehead atoms. The highest BCUT2D eigenvalue weighted by atomic mass is 19.4. The second kappa shape index (κ2) is 8.02. The van der Waals surface area contributed by atoms with Crippen LogP contribution < -0.4 is 5.32 Å². The average molecular weight is 493 g/mol. The van der Waals surface area contributed by atoms with Crippen LogP contribution in [0, 0.1) is 18.7 Å². The quantitative estimate of drug-likeness (QED) is 0.533. The molecule has 0 spiro atoms. The molecule has 1 N–H and O–H groups in total. The normalized spacial score (nSPS) is 24.1. The lowest BCUT2D eigenvalue weighted by atomic mass is 9.82. The highest BCUT2D eigenvalue weighted by Crippen LogP contribution is 2.52. The Morgan fingerprint density at radius 3 is 2.69 bits per heavy atom. The minimum absolute atomic E-state index is 0.152. The Hall–Kier alpha value is -3.51. The molecule has 2 fully saturated rings. The van der Waals surface area contributed by atoms with E-state index in [2.05, 4.69) is 32.5 Å². The van der Waals surface area contributed by atoms with Crippen LogP contribution in [0.5, 0.6) is 0 Å². The standard InChI is InChI=1S/C22H23F4N7O2/c1-11-6-13-4-5-21(9-11,19-30-29-12(2)35-19)33(13)20(34)28-17-7-14(18-27-10-32(3)31-18)15(8-16(17)23)22(24,25)26/h7-8,10-11,13H,4-6,9H2,1-3H3,(H,28,34)/t11-,13+,21?/m0/s1. The van der Waals surface area contributed by atoms with Crippen molar-refractivity contribution in [1.82, 2.24) is 29.9 Å². The molecule has 9 nitrogen and oxygen atoms in total. The van der Waals surface area contributed by atoms with E-state index in [0.29, 0.717) is 37.1 Å². The van der Waals surface area contributed by atoms with Gasteiger partial charge < -0.3 is 14.6 Å². The van der Waals surface area contributed by atoms with Crippen molar-refractivity contribution in [3.8, 4) is 11.4 Å². The summed E-state index contributed by atoms with van der Waals surface area (Å²) in [4.78, 5) is 19.0. The topological polar surface area (TPSA) is 102 Å². The van der Waals surface area contributed by atoms with Gasteiger partial charge in [0.15, 0.2) is 5.82 Å². The monoisotopic (exact) mass is 493 g/mol. The van der Waals surface area contributed by atoms with Gasteiger partial charge in [-0.25, -0.2) is 14.2 Å². The minimum Gasteiger partial charge on any atom is -0.423 e. The molecule has 1 unspecified atom stereocenters. The van der Waals surface area contributed by atoms with Gasteiger partial charge in [0, 0.05) is 25.6 Å². The van der Waals surface area contributed by atoms with Crippen LogP contribution in [0.3, 0.4) is 0 Å². The molecule has 2 aliphatic heterocycles. The molecule has 2 aromatic heterocycles. The average Bonchev–Trinajstić information content (AvgIpc) is 3.46. The SMILES string of the molecule is Cc1nnc(C23CC[C@H](C[C@H](C)C2)N3C(=O)Nc2cc(-c3ncn(C)n3)c(C(F)(F)F)cc2F)o1. The Labute approximate surface area is 197 Å². The number of nitrogens with zero attached hydrogens (tertiary/aromatic N) is 6. The van der Waals surface area contributed by atoms with E-state index < -0.39 is 40.4 Å². The fourth-order valence-corrected chi connectivity index (χ4v) is 5.42. The van der Waals surface area contributed by atoms with Crippen LogP contribution >= 0.6 is 0 Å². The number of aryl methyl sites for hydroxylation is 2. The third-order valence-electron chi connectivity index (χ3n) is 6.72. The Bertz CT molecular complexity index is 1290. The number of halogens is 4. The van der Waals surface area contributed by atoms with Gasteiger partial charge in [0.2, 0.25) is 11.8 Å². The zero-order valence-electron chi connectivity index (χ0n) is 19.2. The van der Waals surface area contributed by atoms with Gasteiger partial charge in [0.05, 0.1) is 11.3 Å². The predicted octanol–water partition coefficient (Wildman–Crippen LogP) is 4.65.